The topological polar surface area (TPSA) is 72.5 Å². The van der Waals surface area contributed by atoms with Gasteiger partial charge in [-0.3, -0.25) is 4.79 Å². The molecule has 4 heteroatoms. The maximum atomic E-state index is 10.6. The Labute approximate surface area is 87.7 Å². The lowest BCUT2D eigenvalue weighted by Crippen LogP contribution is -2.20. The lowest BCUT2D eigenvalue weighted by Gasteiger charge is -2.07. The highest BCUT2D eigenvalue weighted by Crippen LogP contribution is 2.16. The summed E-state index contributed by atoms with van der Waals surface area (Å²) in [5.41, 5.74) is 5.94. The summed E-state index contributed by atoms with van der Waals surface area (Å²) in [7, 11) is 0. The first-order chi connectivity index (χ1) is 7.15. The minimum absolute atomic E-state index is 0.185. The van der Waals surface area contributed by atoms with Crippen molar-refractivity contribution in [1.29, 1.82) is 0 Å². The molecule has 0 heterocycles. The van der Waals surface area contributed by atoms with E-state index in [2.05, 4.69) is 5.92 Å². The summed E-state index contributed by atoms with van der Waals surface area (Å²) in [6, 6.07) is 5.46. The molecule has 1 aromatic carbocycles. The quantitative estimate of drug-likeness (QED) is 0.712. The van der Waals surface area contributed by atoms with Crippen LogP contribution in [0.5, 0.6) is 5.75 Å². The van der Waals surface area contributed by atoms with E-state index in [0.717, 1.165) is 0 Å². The first kappa shape index (κ1) is 11.1. The number of hydrogen-bond donors (Lipinski definition) is 2. The Hall–Kier alpha value is -1.99. The highest BCUT2D eigenvalue weighted by atomic mass is 16.5. The first-order valence-corrected chi connectivity index (χ1v) is 4.29. The van der Waals surface area contributed by atoms with Crippen molar-refractivity contribution >= 4 is 5.97 Å². The molecule has 1 rings (SSSR count). The maximum Gasteiger partial charge on any atom is 0.325 e. The summed E-state index contributed by atoms with van der Waals surface area (Å²) in [4.78, 5) is 10.6. The Kier molecular flexibility index (Phi) is 3.72. The van der Waals surface area contributed by atoms with Gasteiger partial charge in [-0.2, -0.15) is 0 Å². The zero-order valence-electron chi connectivity index (χ0n) is 8.01. The van der Waals surface area contributed by atoms with Gasteiger partial charge in [0.15, 0.2) is 0 Å². The van der Waals surface area contributed by atoms with Gasteiger partial charge in [-0.1, -0.05) is 18.1 Å². The molecular weight excluding hydrogens is 194 g/mol. The lowest BCUT2D eigenvalue weighted by molar-refractivity contribution is -0.138. The van der Waals surface area contributed by atoms with E-state index in [1.54, 1.807) is 24.3 Å². The minimum Gasteiger partial charge on any atom is -0.481 e. The monoisotopic (exact) mass is 205 g/mol. The van der Waals surface area contributed by atoms with Crippen LogP contribution in [0.1, 0.15) is 11.6 Å². The van der Waals surface area contributed by atoms with Gasteiger partial charge < -0.3 is 15.6 Å². The molecule has 0 aromatic heterocycles. The maximum absolute atomic E-state index is 10.6. The van der Waals surface area contributed by atoms with Crippen molar-refractivity contribution in [2.45, 2.75) is 6.04 Å². The molecule has 1 aromatic rings. The molecule has 0 amide bonds. The van der Waals surface area contributed by atoms with Crippen LogP contribution in [0.4, 0.5) is 0 Å². The number of ether oxygens (including phenoxy) is 1. The average molecular weight is 205 g/mol. The number of hydrogen-bond acceptors (Lipinski definition) is 3. The Morgan fingerprint density at radius 2 is 2.13 bits per heavy atom. The van der Waals surface area contributed by atoms with Crippen LogP contribution in [0, 0.1) is 12.3 Å². The molecule has 1 atom stereocenters. The predicted molar refractivity (Wildman–Crippen MR) is 55.3 cm³/mol. The van der Waals surface area contributed by atoms with Gasteiger partial charge in [0.05, 0.1) is 0 Å². The van der Waals surface area contributed by atoms with Crippen molar-refractivity contribution in [2.24, 2.45) is 5.73 Å². The van der Waals surface area contributed by atoms with E-state index in [-0.39, 0.29) is 6.61 Å². The third kappa shape index (κ3) is 3.01. The van der Waals surface area contributed by atoms with Gasteiger partial charge in [0.2, 0.25) is 0 Å². The number of carboxylic acid groups (broad SMARTS) is 1. The molecular formula is C11H11NO3. The molecule has 0 saturated heterocycles. The van der Waals surface area contributed by atoms with Crippen molar-refractivity contribution in [1.82, 2.24) is 0 Å². The fourth-order valence-electron chi connectivity index (χ4n) is 1.04. The van der Waals surface area contributed by atoms with Crippen LogP contribution >= 0.6 is 0 Å². The average Bonchev–Trinajstić information content (AvgIpc) is 2.26. The smallest absolute Gasteiger partial charge is 0.325 e. The van der Waals surface area contributed by atoms with E-state index in [1.807, 2.05) is 0 Å². The Bertz CT molecular complexity index is 378. The first-order valence-electron chi connectivity index (χ1n) is 4.29. The van der Waals surface area contributed by atoms with Gasteiger partial charge in [0.1, 0.15) is 18.4 Å². The van der Waals surface area contributed by atoms with Gasteiger partial charge >= 0.3 is 5.97 Å². The van der Waals surface area contributed by atoms with Gasteiger partial charge in [0, 0.05) is 0 Å². The third-order valence-electron chi connectivity index (χ3n) is 1.83. The van der Waals surface area contributed by atoms with Crippen molar-refractivity contribution in [3.8, 4) is 18.1 Å². The van der Waals surface area contributed by atoms with Crippen molar-refractivity contribution in [3.05, 3.63) is 29.8 Å². The van der Waals surface area contributed by atoms with Crippen LogP contribution in [0.15, 0.2) is 24.3 Å². The standard InChI is InChI=1S/C11H11NO3/c1-2-7-15-9-5-3-8(4-6-9)10(12)11(13)14/h1,3-6,10H,7,12H2,(H,13,14)/t10-/m0/s1. The second-order valence-electron chi connectivity index (χ2n) is 2.88. The summed E-state index contributed by atoms with van der Waals surface area (Å²) >= 11 is 0. The Morgan fingerprint density at radius 3 is 2.60 bits per heavy atom. The summed E-state index contributed by atoms with van der Waals surface area (Å²) in [6.45, 7) is 0.185. The van der Waals surface area contributed by atoms with Crippen LogP contribution in [0.2, 0.25) is 0 Å². The number of carbonyl (C=O) groups is 1. The van der Waals surface area contributed by atoms with E-state index in [1.165, 1.54) is 0 Å². The van der Waals surface area contributed by atoms with E-state index in [0.29, 0.717) is 11.3 Å². The Morgan fingerprint density at radius 1 is 1.53 bits per heavy atom. The third-order valence-corrected chi connectivity index (χ3v) is 1.83. The van der Waals surface area contributed by atoms with E-state index in [9.17, 15) is 4.79 Å². The normalized spacial score (nSPS) is 11.5. The molecule has 0 aliphatic carbocycles. The molecule has 0 unspecified atom stereocenters. The molecule has 0 aliphatic rings. The SMILES string of the molecule is C#CCOc1ccc([C@H](N)C(=O)O)cc1. The summed E-state index contributed by atoms with van der Waals surface area (Å²) in [5.74, 6) is 1.86. The van der Waals surface area contributed by atoms with Crippen LogP contribution in [0.25, 0.3) is 0 Å². The number of nitrogens with two attached hydrogens (primary N) is 1. The molecule has 3 N–H and O–H groups in total. The van der Waals surface area contributed by atoms with Crippen molar-refractivity contribution in [3.63, 3.8) is 0 Å². The summed E-state index contributed by atoms with van der Waals surface area (Å²) in [5, 5.41) is 8.66. The van der Waals surface area contributed by atoms with Crippen LogP contribution in [-0.4, -0.2) is 17.7 Å². The van der Waals surface area contributed by atoms with Gasteiger partial charge in [-0.15, -0.1) is 6.42 Å². The highest BCUT2D eigenvalue weighted by Gasteiger charge is 2.13. The van der Waals surface area contributed by atoms with Crippen molar-refractivity contribution < 1.29 is 14.6 Å². The number of terminal acetylenes is 1. The largest absolute Gasteiger partial charge is 0.481 e. The molecule has 0 bridgehead atoms. The zero-order valence-corrected chi connectivity index (χ0v) is 8.01. The molecule has 0 aliphatic heterocycles. The molecule has 0 fully saturated rings. The molecule has 0 saturated carbocycles. The fraction of sp³-hybridized carbons (Fsp3) is 0.182. The zero-order chi connectivity index (χ0) is 11.3. The number of aliphatic carboxylic acids is 1. The lowest BCUT2D eigenvalue weighted by atomic mass is 10.1. The van der Waals surface area contributed by atoms with Gasteiger partial charge in [-0.25, -0.2) is 0 Å². The molecule has 78 valence electrons. The van der Waals surface area contributed by atoms with Crippen LogP contribution in [0.3, 0.4) is 0 Å². The highest BCUT2D eigenvalue weighted by molar-refractivity contribution is 5.75. The van der Waals surface area contributed by atoms with Crippen LogP contribution in [-0.2, 0) is 4.79 Å². The second-order valence-corrected chi connectivity index (χ2v) is 2.88. The van der Waals surface area contributed by atoms with Crippen molar-refractivity contribution in [2.75, 3.05) is 6.61 Å². The van der Waals surface area contributed by atoms with Gasteiger partial charge in [0.25, 0.3) is 0 Å². The molecule has 15 heavy (non-hydrogen) atoms. The molecule has 0 spiro atoms. The van der Waals surface area contributed by atoms with E-state index < -0.39 is 12.0 Å². The molecule has 0 radical (unpaired) electrons. The Balaban J connectivity index is 2.72. The molecule has 4 nitrogen and oxygen atoms in total. The van der Waals surface area contributed by atoms with Gasteiger partial charge in [-0.05, 0) is 17.7 Å². The van der Waals surface area contributed by atoms with E-state index in [4.69, 9.17) is 22.0 Å². The van der Waals surface area contributed by atoms with Crippen LogP contribution < -0.4 is 10.5 Å². The second kappa shape index (κ2) is 5.03. The number of carboxylic acids is 1. The fourth-order valence-corrected chi connectivity index (χ4v) is 1.04. The minimum atomic E-state index is -1.06. The number of rotatable bonds is 4. The summed E-state index contributed by atoms with van der Waals surface area (Å²) < 4.78 is 5.13. The van der Waals surface area contributed by atoms with E-state index >= 15 is 0 Å². The predicted octanol–water partition coefficient (Wildman–Crippen LogP) is 0.783. The summed E-state index contributed by atoms with van der Waals surface area (Å²) in [6.07, 6.45) is 5.02. The number of benzene rings is 1.